The summed E-state index contributed by atoms with van der Waals surface area (Å²) in [5.74, 6) is 0.133. The monoisotopic (exact) mass is 289 g/mol. The fourth-order valence-electron chi connectivity index (χ4n) is 2.47. The Morgan fingerprint density at radius 1 is 1.38 bits per heavy atom. The lowest BCUT2D eigenvalue weighted by atomic mass is 10.1. The molecule has 0 atom stereocenters. The third kappa shape index (κ3) is 3.31. The van der Waals surface area contributed by atoms with Crippen molar-refractivity contribution in [3.05, 3.63) is 22.9 Å². The molecule has 2 heterocycles. The van der Waals surface area contributed by atoms with Crippen LogP contribution in [0.2, 0.25) is 0 Å². The number of piperidine rings is 1. The first-order chi connectivity index (χ1) is 10.2. The van der Waals surface area contributed by atoms with Gasteiger partial charge in [0.25, 0.3) is 5.91 Å². The Labute approximate surface area is 124 Å². The number of amides is 1. The summed E-state index contributed by atoms with van der Waals surface area (Å²) in [7, 11) is 2.99. The number of ether oxygens (including phenoxy) is 2. The topological polar surface area (TPSA) is 75.5 Å². The number of aromatic nitrogens is 1. The zero-order valence-electron chi connectivity index (χ0n) is 12.4. The lowest BCUT2D eigenvalue weighted by molar-refractivity contribution is 0.0718. The van der Waals surface area contributed by atoms with Crippen molar-refractivity contribution in [3.8, 4) is 11.9 Å². The number of methoxy groups -OCH3 is 2. The summed E-state index contributed by atoms with van der Waals surface area (Å²) in [6.07, 6.45) is 3.18. The second kappa shape index (κ2) is 7.04. The first kappa shape index (κ1) is 15.3. The number of likely N-dealkylation sites (tertiary alicyclic amines) is 1. The van der Waals surface area contributed by atoms with Crippen LogP contribution in [0.3, 0.4) is 0 Å². The van der Waals surface area contributed by atoms with E-state index in [0.29, 0.717) is 11.3 Å². The molecule has 0 saturated carbocycles. The molecule has 1 saturated heterocycles. The highest BCUT2D eigenvalue weighted by Gasteiger charge is 2.23. The molecule has 1 aromatic rings. The molecule has 0 bridgehead atoms. The van der Waals surface area contributed by atoms with E-state index in [1.165, 1.54) is 7.11 Å². The number of hydrogen-bond acceptors (Lipinski definition) is 5. The van der Waals surface area contributed by atoms with Gasteiger partial charge in [0.05, 0.1) is 25.0 Å². The van der Waals surface area contributed by atoms with E-state index in [-0.39, 0.29) is 24.0 Å². The van der Waals surface area contributed by atoms with Gasteiger partial charge in [-0.1, -0.05) is 0 Å². The van der Waals surface area contributed by atoms with E-state index in [2.05, 4.69) is 4.98 Å². The van der Waals surface area contributed by atoms with Gasteiger partial charge in [0.15, 0.2) is 0 Å². The van der Waals surface area contributed by atoms with Crippen LogP contribution in [-0.2, 0) is 11.3 Å². The Hall–Kier alpha value is -2.13. The van der Waals surface area contributed by atoms with Crippen LogP contribution in [0.4, 0.5) is 0 Å². The normalized spacial score (nSPS) is 14.6. The van der Waals surface area contributed by atoms with Crippen LogP contribution < -0.4 is 4.74 Å². The van der Waals surface area contributed by atoms with Crippen molar-refractivity contribution >= 4 is 5.91 Å². The number of carbonyl (C=O) groups excluding carboxylic acids is 1. The summed E-state index contributed by atoms with van der Waals surface area (Å²) in [6.45, 7) is 1.70. The van der Waals surface area contributed by atoms with E-state index in [9.17, 15) is 4.79 Å². The number of nitrogens with zero attached hydrogens (tertiary/aromatic N) is 3. The van der Waals surface area contributed by atoms with Crippen LogP contribution in [0.5, 0.6) is 5.88 Å². The average molecular weight is 289 g/mol. The average Bonchev–Trinajstić information content (AvgIpc) is 2.54. The predicted molar refractivity (Wildman–Crippen MR) is 76.0 cm³/mol. The van der Waals surface area contributed by atoms with Crippen LogP contribution in [0.1, 0.15) is 40.9 Å². The highest BCUT2D eigenvalue weighted by molar-refractivity contribution is 5.95. The molecule has 6 nitrogen and oxygen atoms in total. The lowest BCUT2D eigenvalue weighted by Gasteiger charge is -2.27. The molecule has 0 aromatic carbocycles. The highest BCUT2D eigenvalue weighted by Crippen LogP contribution is 2.22. The van der Waals surface area contributed by atoms with Gasteiger partial charge in [0.2, 0.25) is 5.88 Å². The van der Waals surface area contributed by atoms with Crippen LogP contribution >= 0.6 is 0 Å². The number of hydrogen-bond donors (Lipinski definition) is 0. The molecular formula is C15H19N3O3. The van der Waals surface area contributed by atoms with Gasteiger partial charge in [-0.2, -0.15) is 5.26 Å². The molecule has 1 fully saturated rings. The molecule has 1 aliphatic rings. The largest absolute Gasteiger partial charge is 0.480 e. The van der Waals surface area contributed by atoms with Gasteiger partial charge in [-0.3, -0.25) is 4.79 Å². The number of pyridine rings is 1. The van der Waals surface area contributed by atoms with E-state index in [1.807, 2.05) is 11.0 Å². The van der Waals surface area contributed by atoms with Crippen molar-refractivity contribution in [2.75, 3.05) is 27.3 Å². The minimum absolute atomic E-state index is 0.0894. The van der Waals surface area contributed by atoms with Crippen LogP contribution in [0.15, 0.2) is 6.07 Å². The quantitative estimate of drug-likeness (QED) is 0.844. The number of rotatable bonds is 4. The highest BCUT2D eigenvalue weighted by atomic mass is 16.5. The summed E-state index contributed by atoms with van der Waals surface area (Å²) in [6, 6.07) is 3.57. The van der Waals surface area contributed by atoms with Crippen molar-refractivity contribution in [3.63, 3.8) is 0 Å². The summed E-state index contributed by atoms with van der Waals surface area (Å²) >= 11 is 0. The van der Waals surface area contributed by atoms with Gasteiger partial charge in [-0.15, -0.1) is 0 Å². The van der Waals surface area contributed by atoms with Gasteiger partial charge in [-0.05, 0) is 25.3 Å². The Balaban J connectivity index is 2.39. The minimum Gasteiger partial charge on any atom is -0.480 e. The van der Waals surface area contributed by atoms with Crippen LogP contribution in [-0.4, -0.2) is 43.1 Å². The van der Waals surface area contributed by atoms with Gasteiger partial charge in [0.1, 0.15) is 11.6 Å². The minimum atomic E-state index is -0.0894. The number of nitriles is 1. The van der Waals surface area contributed by atoms with Gasteiger partial charge in [-0.25, -0.2) is 4.98 Å². The Morgan fingerprint density at radius 3 is 2.67 bits per heavy atom. The summed E-state index contributed by atoms with van der Waals surface area (Å²) in [5.41, 5.74) is 1.19. The van der Waals surface area contributed by atoms with Crippen molar-refractivity contribution < 1.29 is 14.3 Å². The first-order valence-electron chi connectivity index (χ1n) is 6.97. The Kier molecular flexibility index (Phi) is 5.12. The number of carbonyl (C=O) groups is 1. The third-order valence-electron chi connectivity index (χ3n) is 3.54. The van der Waals surface area contributed by atoms with Crippen molar-refractivity contribution in [1.29, 1.82) is 5.26 Å². The van der Waals surface area contributed by atoms with Crippen molar-refractivity contribution in [2.24, 2.45) is 0 Å². The molecule has 1 aliphatic heterocycles. The molecule has 1 amide bonds. The zero-order valence-corrected chi connectivity index (χ0v) is 12.4. The second-order valence-electron chi connectivity index (χ2n) is 4.94. The molecule has 0 unspecified atom stereocenters. The van der Waals surface area contributed by atoms with Gasteiger partial charge >= 0.3 is 0 Å². The third-order valence-corrected chi connectivity index (χ3v) is 3.54. The predicted octanol–water partition coefficient (Wildman–Crippen LogP) is 1.73. The SMILES string of the molecule is COCc1nc(OC)c(C#N)cc1C(=O)N1CCCCC1. The maximum Gasteiger partial charge on any atom is 0.255 e. The smallest absolute Gasteiger partial charge is 0.255 e. The molecule has 0 radical (unpaired) electrons. The molecule has 0 aliphatic carbocycles. The van der Waals surface area contributed by atoms with E-state index in [4.69, 9.17) is 14.7 Å². The van der Waals surface area contributed by atoms with Crippen molar-refractivity contribution in [1.82, 2.24) is 9.88 Å². The maximum absolute atomic E-state index is 12.6. The zero-order chi connectivity index (χ0) is 15.2. The van der Waals surface area contributed by atoms with E-state index in [1.54, 1.807) is 13.2 Å². The Bertz CT molecular complexity index is 560. The van der Waals surface area contributed by atoms with Gasteiger partial charge in [0, 0.05) is 20.2 Å². The standard InChI is InChI=1S/C15H19N3O3/c1-20-10-13-12(8-11(9-16)14(17-13)21-2)15(19)18-6-4-3-5-7-18/h8H,3-7,10H2,1-2H3. The molecule has 0 N–H and O–H groups in total. The van der Waals surface area contributed by atoms with Crippen molar-refractivity contribution in [2.45, 2.75) is 25.9 Å². The first-order valence-corrected chi connectivity index (χ1v) is 6.97. The molecule has 2 rings (SSSR count). The van der Waals surface area contributed by atoms with E-state index >= 15 is 0 Å². The fraction of sp³-hybridized carbons (Fsp3) is 0.533. The molecule has 6 heteroatoms. The molecule has 21 heavy (non-hydrogen) atoms. The molecule has 0 spiro atoms. The summed E-state index contributed by atoms with van der Waals surface area (Å²) < 4.78 is 10.2. The van der Waals surface area contributed by atoms with E-state index in [0.717, 1.165) is 32.4 Å². The molecular weight excluding hydrogens is 270 g/mol. The second-order valence-corrected chi connectivity index (χ2v) is 4.94. The summed E-state index contributed by atoms with van der Waals surface area (Å²) in [4.78, 5) is 18.7. The van der Waals surface area contributed by atoms with E-state index < -0.39 is 0 Å². The molecule has 112 valence electrons. The lowest BCUT2D eigenvalue weighted by Crippen LogP contribution is -2.36. The van der Waals surface area contributed by atoms with Gasteiger partial charge < -0.3 is 14.4 Å². The maximum atomic E-state index is 12.6. The van der Waals surface area contributed by atoms with Crippen LogP contribution in [0, 0.1) is 11.3 Å². The molecule has 1 aromatic heterocycles. The Morgan fingerprint density at radius 2 is 2.10 bits per heavy atom. The fourth-order valence-corrected chi connectivity index (χ4v) is 2.47. The van der Waals surface area contributed by atoms with Crippen LogP contribution in [0.25, 0.3) is 0 Å². The summed E-state index contributed by atoms with van der Waals surface area (Å²) in [5, 5.41) is 9.16.